The minimum Gasteiger partial charge on any atom is -0.313 e. The first-order valence-corrected chi connectivity index (χ1v) is 8.69. The van der Waals surface area contributed by atoms with Crippen LogP contribution >= 0.6 is 0 Å². The molecule has 0 bridgehead atoms. The summed E-state index contributed by atoms with van der Waals surface area (Å²) in [5.74, 6) is 0.794. The Morgan fingerprint density at radius 3 is 2.43 bits per heavy atom. The summed E-state index contributed by atoms with van der Waals surface area (Å²) in [6.07, 6.45) is 10.7. The second-order valence-electron chi connectivity index (χ2n) is 6.54. The van der Waals surface area contributed by atoms with Crippen LogP contribution in [0.3, 0.4) is 0 Å². The molecule has 1 saturated carbocycles. The summed E-state index contributed by atoms with van der Waals surface area (Å²) < 4.78 is 0. The topological polar surface area (TPSA) is 12.0 Å². The fraction of sp³-hybridized carbons (Fsp3) is 0.600. The van der Waals surface area contributed by atoms with Gasteiger partial charge in [-0.2, -0.15) is 0 Å². The van der Waals surface area contributed by atoms with E-state index in [0.717, 1.165) is 19.0 Å². The van der Waals surface area contributed by atoms with Gasteiger partial charge in [-0.3, -0.25) is 0 Å². The Balaban J connectivity index is 2.22. The van der Waals surface area contributed by atoms with Crippen molar-refractivity contribution < 1.29 is 0 Å². The molecule has 2 rings (SSSR count). The van der Waals surface area contributed by atoms with Crippen LogP contribution in [0.2, 0.25) is 0 Å². The average molecular weight is 285 g/mol. The van der Waals surface area contributed by atoms with E-state index in [4.69, 9.17) is 0 Å². The van der Waals surface area contributed by atoms with Gasteiger partial charge in [-0.25, -0.2) is 0 Å². The summed E-state index contributed by atoms with van der Waals surface area (Å²) in [6, 6.07) is 6.63. The Morgan fingerprint density at radius 1 is 1.14 bits per heavy atom. The number of hydrogen-bond donors (Lipinski definition) is 1. The number of aryl methyl sites for hydroxylation is 2. The molecule has 1 aliphatic rings. The summed E-state index contributed by atoms with van der Waals surface area (Å²) in [6.45, 7) is 8.89. The van der Waals surface area contributed by atoms with E-state index < -0.39 is 0 Å². The SMILES string of the molecule is CCCNC/C(=C/c1c(C)cccc1C)C1CCCCC1. The van der Waals surface area contributed by atoms with Crippen molar-refractivity contribution in [2.24, 2.45) is 5.92 Å². The highest BCUT2D eigenvalue weighted by atomic mass is 14.8. The molecule has 0 heterocycles. The van der Waals surface area contributed by atoms with E-state index >= 15 is 0 Å². The first-order chi connectivity index (χ1) is 10.2. The molecule has 1 heteroatoms. The molecule has 0 amide bonds. The van der Waals surface area contributed by atoms with E-state index in [1.807, 2.05) is 0 Å². The molecule has 0 unspecified atom stereocenters. The Bertz CT molecular complexity index is 446. The normalized spacial score (nSPS) is 17.2. The lowest BCUT2D eigenvalue weighted by Gasteiger charge is -2.25. The minimum absolute atomic E-state index is 0.794. The van der Waals surface area contributed by atoms with Gasteiger partial charge in [-0.05, 0) is 62.3 Å². The quantitative estimate of drug-likeness (QED) is 0.702. The van der Waals surface area contributed by atoms with E-state index in [0.29, 0.717) is 0 Å². The van der Waals surface area contributed by atoms with E-state index in [2.05, 4.69) is 50.4 Å². The van der Waals surface area contributed by atoms with Crippen LogP contribution in [0.1, 0.15) is 62.1 Å². The number of benzene rings is 1. The molecule has 0 aliphatic heterocycles. The van der Waals surface area contributed by atoms with Gasteiger partial charge in [0.25, 0.3) is 0 Å². The van der Waals surface area contributed by atoms with E-state index in [1.165, 1.54) is 55.2 Å². The molecule has 116 valence electrons. The van der Waals surface area contributed by atoms with Gasteiger partial charge in [-0.1, -0.05) is 56.0 Å². The first-order valence-electron chi connectivity index (χ1n) is 8.69. The van der Waals surface area contributed by atoms with Gasteiger partial charge in [0.15, 0.2) is 0 Å². The van der Waals surface area contributed by atoms with Crippen molar-refractivity contribution in [3.05, 3.63) is 40.5 Å². The van der Waals surface area contributed by atoms with E-state index in [-0.39, 0.29) is 0 Å². The predicted octanol–water partition coefficient (Wildman–Crippen LogP) is 5.27. The van der Waals surface area contributed by atoms with Crippen LogP contribution in [-0.4, -0.2) is 13.1 Å². The minimum atomic E-state index is 0.794. The van der Waals surface area contributed by atoms with Crippen LogP contribution in [0, 0.1) is 19.8 Å². The summed E-state index contributed by atoms with van der Waals surface area (Å²) in [7, 11) is 0. The van der Waals surface area contributed by atoms with Crippen LogP contribution in [0.4, 0.5) is 0 Å². The molecule has 0 saturated heterocycles. The van der Waals surface area contributed by atoms with Crippen molar-refractivity contribution in [1.29, 1.82) is 0 Å². The van der Waals surface area contributed by atoms with Crippen molar-refractivity contribution in [2.45, 2.75) is 59.3 Å². The second-order valence-corrected chi connectivity index (χ2v) is 6.54. The molecular weight excluding hydrogens is 254 g/mol. The monoisotopic (exact) mass is 285 g/mol. The van der Waals surface area contributed by atoms with Crippen LogP contribution in [0.25, 0.3) is 6.08 Å². The third kappa shape index (κ3) is 4.71. The Hall–Kier alpha value is -1.08. The van der Waals surface area contributed by atoms with Crippen LogP contribution < -0.4 is 5.32 Å². The van der Waals surface area contributed by atoms with Crippen molar-refractivity contribution in [1.82, 2.24) is 5.32 Å². The molecule has 0 aromatic heterocycles. The molecular formula is C20H31N. The zero-order valence-electron chi connectivity index (χ0n) is 14.0. The zero-order chi connectivity index (χ0) is 15.1. The molecule has 0 radical (unpaired) electrons. The maximum atomic E-state index is 3.62. The van der Waals surface area contributed by atoms with Gasteiger partial charge in [0.1, 0.15) is 0 Å². The molecule has 0 spiro atoms. The highest BCUT2D eigenvalue weighted by Gasteiger charge is 2.18. The van der Waals surface area contributed by atoms with Gasteiger partial charge in [0.2, 0.25) is 0 Å². The van der Waals surface area contributed by atoms with Gasteiger partial charge >= 0.3 is 0 Å². The lowest BCUT2D eigenvalue weighted by Crippen LogP contribution is -2.23. The summed E-state index contributed by atoms with van der Waals surface area (Å²) >= 11 is 0. The van der Waals surface area contributed by atoms with Crippen LogP contribution in [0.5, 0.6) is 0 Å². The molecule has 1 aromatic carbocycles. The molecule has 1 aliphatic carbocycles. The lowest BCUT2D eigenvalue weighted by molar-refractivity contribution is 0.396. The van der Waals surface area contributed by atoms with Crippen molar-refractivity contribution in [2.75, 3.05) is 13.1 Å². The fourth-order valence-electron chi connectivity index (χ4n) is 3.44. The maximum absolute atomic E-state index is 3.62. The number of rotatable bonds is 6. The van der Waals surface area contributed by atoms with Crippen LogP contribution in [-0.2, 0) is 0 Å². The summed E-state index contributed by atoms with van der Waals surface area (Å²) in [4.78, 5) is 0. The highest BCUT2D eigenvalue weighted by molar-refractivity contribution is 5.60. The highest BCUT2D eigenvalue weighted by Crippen LogP contribution is 2.31. The van der Waals surface area contributed by atoms with E-state index in [1.54, 1.807) is 5.57 Å². The molecule has 1 fully saturated rings. The third-order valence-corrected chi connectivity index (χ3v) is 4.76. The first kappa shape index (κ1) is 16.3. The smallest absolute Gasteiger partial charge is 0.0170 e. The second kappa shape index (κ2) is 8.38. The van der Waals surface area contributed by atoms with Gasteiger partial charge < -0.3 is 5.32 Å². The lowest BCUT2D eigenvalue weighted by atomic mass is 9.82. The molecule has 1 nitrogen and oxygen atoms in total. The van der Waals surface area contributed by atoms with Crippen molar-refractivity contribution >= 4 is 6.08 Å². The molecule has 1 N–H and O–H groups in total. The van der Waals surface area contributed by atoms with Gasteiger partial charge in [0, 0.05) is 6.54 Å². The number of nitrogens with one attached hydrogen (secondary N) is 1. The Kier molecular flexibility index (Phi) is 6.50. The Morgan fingerprint density at radius 2 is 1.81 bits per heavy atom. The average Bonchev–Trinajstić information content (AvgIpc) is 2.50. The van der Waals surface area contributed by atoms with Crippen LogP contribution in [0.15, 0.2) is 23.8 Å². The fourth-order valence-corrected chi connectivity index (χ4v) is 3.44. The molecule has 21 heavy (non-hydrogen) atoms. The largest absolute Gasteiger partial charge is 0.313 e. The van der Waals surface area contributed by atoms with Crippen molar-refractivity contribution in [3.63, 3.8) is 0 Å². The van der Waals surface area contributed by atoms with Gasteiger partial charge in [-0.15, -0.1) is 0 Å². The van der Waals surface area contributed by atoms with Gasteiger partial charge in [0.05, 0.1) is 0 Å². The summed E-state index contributed by atoms with van der Waals surface area (Å²) in [5, 5.41) is 3.62. The predicted molar refractivity (Wildman–Crippen MR) is 93.6 cm³/mol. The molecule has 0 atom stereocenters. The number of hydrogen-bond acceptors (Lipinski definition) is 1. The van der Waals surface area contributed by atoms with E-state index in [9.17, 15) is 0 Å². The third-order valence-electron chi connectivity index (χ3n) is 4.76. The Labute approximate surface area is 130 Å². The maximum Gasteiger partial charge on any atom is 0.0170 e. The van der Waals surface area contributed by atoms with Crippen molar-refractivity contribution in [3.8, 4) is 0 Å². The zero-order valence-corrected chi connectivity index (χ0v) is 14.0. The summed E-state index contributed by atoms with van der Waals surface area (Å²) in [5.41, 5.74) is 5.87. The standard InChI is InChI=1S/C20H31N/c1-4-13-21-15-19(18-11-6-5-7-12-18)14-20-16(2)9-8-10-17(20)3/h8-10,14,18,21H,4-7,11-13,15H2,1-3H3/b19-14-. The molecule has 1 aromatic rings.